The van der Waals surface area contributed by atoms with Gasteiger partial charge in [0.1, 0.15) is 17.1 Å². The first kappa shape index (κ1) is 13.8. The van der Waals surface area contributed by atoms with Crippen molar-refractivity contribution in [3.8, 4) is 5.75 Å². The van der Waals surface area contributed by atoms with Crippen LogP contribution < -0.4 is 4.74 Å². The average Bonchev–Trinajstić information content (AvgIpc) is 2.38. The maximum Gasteiger partial charge on any atom is 0.343 e. The molecule has 0 amide bonds. The van der Waals surface area contributed by atoms with Crippen LogP contribution in [0.5, 0.6) is 5.75 Å². The van der Waals surface area contributed by atoms with E-state index in [2.05, 4.69) is 4.74 Å². The lowest BCUT2D eigenvalue weighted by Crippen LogP contribution is -2.16. The van der Waals surface area contributed by atoms with E-state index in [1.165, 1.54) is 21.1 Å². The van der Waals surface area contributed by atoms with E-state index in [9.17, 15) is 9.90 Å². The van der Waals surface area contributed by atoms with E-state index in [-0.39, 0.29) is 17.0 Å². The quantitative estimate of drug-likeness (QED) is 0.370. The molecule has 0 radical (unpaired) electrons. The summed E-state index contributed by atoms with van der Waals surface area (Å²) >= 11 is 0. The van der Waals surface area contributed by atoms with Crippen molar-refractivity contribution in [1.29, 1.82) is 5.41 Å². The van der Waals surface area contributed by atoms with Crippen LogP contribution in [0.1, 0.15) is 12.5 Å². The summed E-state index contributed by atoms with van der Waals surface area (Å²) in [6.45, 7) is 1.34. The van der Waals surface area contributed by atoms with Gasteiger partial charge in [-0.25, -0.2) is 4.79 Å². The number of methoxy groups -OCH3 is 2. The Morgan fingerprint density at radius 2 is 1.78 bits per heavy atom. The minimum absolute atomic E-state index is 0.0931. The van der Waals surface area contributed by atoms with Gasteiger partial charge in [-0.05, 0) is 31.2 Å². The summed E-state index contributed by atoms with van der Waals surface area (Å²) in [6.07, 6.45) is 0. The third-order valence-electron chi connectivity index (χ3n) is 2.38. The van der Waals surface area contributed by atoms with E-state index in [0.29, 0.717) is 11.3 Å². The molecule has 0 saturated heterocycles. The van der Waals surface area contributed by atoms with Crippen molar-refractivity contribution >= 4 is 11.7 Å². The molecule has 0 bridgehead atoms. The third kappa shape index (κ3) is 2.88. The van der Waals surface area contributed by atoms with Crippen molar-refractivity contribution in [2.24, 2.45) is 0 Å². The summed E-state index contributed by atoms with van der Waals surface area (Å²) in [5.41, 5.74) is 0.247. The SMILES string of the molecule is COC(=O)/C(C(=N)c1ccc(OC)cc1)=C(/C)O. The second kappa shape index (κ2) is 5.86. The summed E-state index contributed by atoms with van der Waals surface area (Å²) in [7, 11) is 2.74. The van der Waals surface area contributed by atoms with Gasteiger partial charge in [0.2, 0.25) is 0 Å². The summed E-state index contributed by atoms with van der Waals surface area (Å²) in [4.78, 5) is 11.5. The lowest BCUT2D eigenvalue weighted by atomic mass is 10.0. The van der Waals surface area contributed by atoms with E-state index in [1.54, 1.807) is 24.3 Å². The van der Waals surface area contributed by atoms with Crippen molar-refractivity contribution in [3.63, 3.8) is 0 Å². The van der Waals surface area contributed by atoms with Gasteiger partial charge in [0, 0.05) is 5.56 Å². The van der Waals surface area contributed by atoms with Crippen LogP contribution in [0.3, 0.4) is 0 Å². The van der Waals surface area contributed by atoms with Crippen LogP contribution in [0.25, 0.3) is 0 Å². The number of nitrogens with one attached hydrogen (secondary N) is 1. The van der Waals surface area contributed by atoms with Crippen LogP contribution in [0.4, 0.5) is 0 Å². The number of ether oxygens (including phenoxy) is 2. The van der Waals surface area contributed by atoms with Crippen LogP contribution in [0.15, 0.2) is 35.6 Å². The summed E-state index contributed by atoms with van der Waals surface area (Å²) in [5, 5.41) is 17.4. The second-order valence-electron chi connectivity index (χ2n) is 3.56. The predicted octanol–water partition coefficient (Wildman–Crippen LogP) is 2.07. The van der Waals surface area contributed by atoms with Gasteiger partial charge in [0.25, 0.3) is 0 Å². The van der Waals surface area contributed by atoms with E-state index in [4.69, 9.17) is 10.1 Å². The first-order valence-electron chi connectivity index (χ1n) is 5.22. The molecule has 2 N–H and O–H groups in total. The molecular weight excluding hydrogens is 234 g/mol. The van der Waals surface area contributed by atoms with Gasteiger partial charge in [-0.2, -0.15) is 0 Å². The molecule has 1 rings (SSSR count). The monoisotopic (exact) mass is 249 g/mol. The Kier molecular flexibility index (Phi) is 4.48. The lowest BCUT2D eigenvalue weighted by molar-refractivity contribution is -0.135. The molecule has 0 aliphatic carbocycles. The van der Waals surface area contributed by atoms with Crippen LogP contribution in [-0.4, -0.2) is 31.0 Å². The molecule has 0 spiro atoms. The zero-order valence-corrected chi connectivity index (χ0v) is 10.5. The highest BCUT2D eigenvalue weighted by molar-refractivity contribution is 6.25. The molecule has 0 aliphatic rings. The maximum absolute atomic E-state index is 11.5. The van der Waals surface area contributed by atoms with Gasteiger partial charge in [-0.15, -0.1) is 0 Å². The van der Waals surface area contributed by atoms with Gasteiger partial charge in [-0.1, -0.05) is 0 Å². The van der Waals surface area contributed by atoms with Gasteiger partial charge >= 0.3 is 5.97 Å². The molecule has 96 valence electrons. The number of aliphatic hydroxyl groups excluding tert-OH is 1. The highest BCUT2D eigenvalue weighted by atomic mass is 16.5. The number of benzene rings is 1. The van der Waals surface area contributed by atoms with Crippen LogP contribution >= 0.6 is 0 Å². The molecule has 0 heterocycles. The molecule has 0 atom stereocenters. The van der Waals surface area contributed by atoms with Gasteiger partial charge < -0.3 is 14.6 Å². The van der Waals surface area contributed by atoms with Crippen molar-refractivity contribution in [2.75, 3.05) is 14.2 Å². The number of aliphatic hydroxyl groups is 1. The number of allylic oxidation sites excluding steroid dienone is 1. The molecular formula is C13H15NO4. The number of carbonyl (C=O) groups is 1. The standard InChI is InChI=1S/C13H15NO4/c1-8(15)11(13(16)18-3)12(14)9-4-6-10(17-2)7-5-9/h4-7,14-15H,1-3H3/b11-8-,14-12?. The minimum Gasteiger partial charge on any atom is -0.512 e. The van der Waals surface area contributed by atoms with Crippen molar-refractivity contribution < 1.29 is 19.4 Å². The van der Waals surface area contributed by atoms with Crippen LogP contribution in [-0.2, 0) is 9.53 Å². The predicted molar refractivity (Wildman–Crippen MR) is 67.2 cm³/mol. The highest BCUT2D eigenvalue weighted by Crippen LogP contribution is 2.16. The summed E-state index contributed by atoms with van der Waals surface area (Å²) < 4.78 is 9.54. The molecule has 0 unspecified atom stereocenters. The Hall–Kier alpha value is -2.30. The molecule has 5 nitrogen and oxygen atoms in total. The molecule has 1 aromatic carbocycles. The number of esters is 1. The molecule has 1 aromatic rings. The summed E-state index contributed by atoms with van der Waals surface area (Å²) in [6, 6.07) is 6.61. The zero-order valence-electron chi connectivity index (χ0n) is 10.5. The minimum atomic E-state index is -0.740. The smallest absolute Gasteiger partial charge is 0.343 e. The van der Waals surface area contributed by atoms with Crippen molar-refractivity contribution in [3.05, 3.63) is 41.2 Å². The normalized spacial score (nSPS) is 11.5. The molecule has 5 heteroatoms. The molecule has 0 fully saturated rings. The topological polar surface area (TPSA) is 79.6 Å². The average molecular weight is 249 g/mol. The van der Waals surface area contributed by atoms with Crippen molar-refractivity contribution in [1.82, 2.24) is 0 Å². The number of hydrogen-bond acceptors (Lipinski definition) is 5. The van der Waals surface area contributed by atoms with Crippen LogP contribution in [0.2, 0.25) is 0 Å². The fraction of sp³-hybridized carbons (Fsp3) is 0.231. The zero-order chi connectivity index (χ0) is 13.7. The van der Waals surface area contributed by atoms with Gasteiger partial charge in [0.05, 0.1) is 19.9 Å². The highest BCUT2D eigenvalue weighted by Gasteiger charge is 2.20. The fourth-order valence-electron chi connectivity index (χ4n) is 1.43. The lowest BCUT2D eigenvalue weighted by Gasteiger charge is -2.09. The number of rotatable bonds is 4. The van der Waals surface area contributed by atoms with E-state index in [1.807, 2.05) is 0 Å². The second-order valence-corrected chi connectivity index (χ2v) is 3.56. The van der Waals surface area contributed by atoms with Gasteiger partial charge in [0.15, 0.2) is 0 Å². The molecule has 0 aliphatic heterocycles. The fourth-order valence-corrected chi connectivity index (χ4v) is 1.43. The maximum atomic E-state index is 11.5. The van der Waals surface area contributed by atoms with Crippen LogP contribution in [0, 0.1) is 5.41 Å². The largest absolute Gasteiger partial charge is 0.512 e. The number of hydrogen-bond donors (Lipinski definition) is 2. The van der Waals surface area contributed by atoms with E-state index in [0.717, 1.165) is 0 Å². The molecule has 0 saturated carbocycles. The Morgan fingerprint density at radius 3 is 2.17 bits per heavy atom. The molecule has 18 heavy (non-hydrogen) atoms. The third-order valence-corrected chi connectivity index (χ3v) is 2.38. The Bertz CT molecular complexity index is 484. The Morgan fingerprint density at radius 1 is 1.22 bits per heavy atom. The first-order chi connectivity index (χ1) is 8.51. The Balaban J connectivity index is 3.11. The number of carbonyl (C=O) groups excluding carboxylic acids is 1. The van der Waals surface area contributed by atoms with Gasteiger partial charge in [-0.3, -0.25) is 5.41 Å². The van der Waals surface area contributed by atoms with E-state index >= 15 is 0 Å². The van der Waals surface area contributed by atoms with Crippen molar-refractivity contribution in [2.45, 2.75) is 6.92 Å². The van der Waals surface area contributed by atoms with E-state index < -0.39 is 5.97 Å². The first-order valence-corrected chi connectivity index (χ1v) is 5.22. The molecule has 0 aromatic heterocycles. The summed E-state index contributed by atoms with van der Waals surface area (Å²) in [5.74, 6) is -0.339. The Labute approximate surface area is 105 Å².